The van der Waals surface area contributed by atoms with Crippen LogP contribution in [0.25, 0.3) is 58.8 Å². The first-order chi connectivity index (χ1) is 25.3. The number of amidine groups is 2. The van der Waals surface area contributed by atoms with Gasteiger partial charge in [-0.15, -0.1) is 11.3 Å². The van der Waals surface area contributed by atoms with Gasteiger partial charge in [0.25, 0.3) is 0 Å². The second kappa shape index (κ2) is 13.1. The number of nitrogens with zero attached hydrogens (tertiary/aromatic N) is 4. The predicted octanol–water partition coefficient (Wildman–Crippen LogP) is 11.9. The van der Waals surface area contributed by atoms with E-state index in [-0.39, 0.29) is 0 Å². The van der Waals surface area contributed by atoms with E-state index >= 15 is 0 Å². The number of fused-ring (bicyclic) bond motifs is 6. The third kappa shape index (κ3) is 5.54. The minimum Gasteiger partial charge on any atom is -0.309 e. The van der Waals surface area contributed by atoms with Crippen LogP contribution in [0, 0.1) is 0 Å². The number of thiophene rings is 1. The molecule has 5 heteroatoms. The molecule has 0 saturated carbocycles. The number of para-hydroxylation sites is 1. The first kappa shape index (κ1) is 30.6. The van der Waals surface area contributed by atoms with Crippen molar-refractivity contribution in [3.63, 3.8) is 0 Å². The Labute approximate surface area is 300 Å². The summed E-state index contributed by atoms with van der Waals surface area (Å²) in [5.41, 5.74) is 8.71. The molecular formula is C46H32N4S. The molecule has 0 spiro atoms. The fraction of sp³-hybridized carbons (Fsp3) is 0.0217. The highest BCUT2D eigenvalue weighted by Crippen LogP contribution is 2.44. The number of aliphatic imine (C=N–C) groups is 3. The number of rotatable bonds is 6. The van der Waals surface area contributed by atoms with Gasteiger partial charge in [-0.25, -0.2) is 9.98 Å². The molecule has 0 fully saturated rings. The zero-order chi connectivity index (χ0) is 34.1. The van der Waals surface area contributed by atoms with E-state index in [0.717, 1.165) is 33.4 Å². The summed E-state index contributed by atoms with van der Waals surface area (Å²) < 4.78 is 4.98. The van der Waals surface area contributed by atoms with Crippen molar-refractivity contribution in [3.8, 4) is 16.8 Å². The Kier molecular flexibility index (Phi) is 7.88. The van der Waals surface area contributed by atoms with Crippen LogP contribution in [0.15, 0.2) is 185 Å². The van der Waals surface area contributed by atoms with Gasteiger partial charge >= 0.3 is 0 Å². The van der Waals surface area contributed by atoms with Gasteiger partial charge in [-0.05, 0) is 48.2 Å². The summed E-state index contributed by atoms with van der Waals surface area (Å²) in [6.45, 7) is 4.35. The molecule has 242 valence electrons. The van der Waals surface area contributed by atoms with E-state index in [4.69, 9.17) is 9.98 Å². The van der Waals surface area contributed by atoms with Gasteiger partial charge in [0.15, 0.2) is 11.7 Å². The van der Waals surface area contributed by atoms with E-state index in [9.17, 15) is 0 Å². The predicted molar refractivity (Wildman–Crippen MR) is 218 cm³/mol. The van der Waals surface area contributed by atoms with Crippen LogP contribution in [-0.4, -0.2) is 23.0 Å². The lowest BCUT2D eigenvalue weighted by Gasteiger charge is -2.12. The van der Waals surface area contributed by atoms with E-state index in [1.54, 1.807) is 0 Å². The van der Waals surface area contributed by atoms with E-state index in [2.05, 4.69) is 138 Å². The molecule has 9 rings (SSSR count). The Morgan fingerprint density at radius 1 is 0.549 bits per heavy atom. The first-order valence-electron chi connectivity index (χ1n) is 17.0. The van der Waals surface area contributed by atoms with E-state index in [0.29, 0.717) is 18.2 Å². The van der Waals surface area contributed by atoms with Crippen molar-refractivity contribution >= 4 is 71.7 Å². The van der Waals surface area contributed by atoms with E-state index in [1.807, 2.05) is 59.9 Å². The number of hydrogen-bond acceptors (Lipinski definition) is 2. The topological polar surface area (TPSA) is 42.0 Å². The highest BCUT2D eigenvalue weighted by Gasteiger charge is 2.19. The van der Waals surface area contributed by atoms with Crippen molar-refractivity contribution in [2.45, 2.75) is 6.54 Å². The number of benzene rings is 7. The van der Waals surface area contributed by atoms with Gasteiger partial charge in [0, 0.05) is 53.3 Å². The molecule has 0 N–H and O–H groups in total. The molecule has 0 bridgehead atoms. The van der Waals surface area contributed by atoms with Gasteiger partial charge in [-0.3, -0.25) is 4.99 Å². The van der Waals surface area contributed by atoms with E-state index < -0.39 is 0 Å². The minimum atomic E-state index is 0.491. The average Bonchev–Trinajstić information content (AvgIpc) is 3.75. The summed E-state index contributed by atoms with van der Waals surface area (Å²) in [5.74, 6) is 1.13. The smallest absolute Gasteiger partial charge is 0.161 e. The zero-order valence-corrected chi connectivity index (χ0v) is 28.6. The van der Waals surface area contributed by atoms with E-state index in [1.165, 1.54) is 42.1 Å². The Morgan fingerprint density at radius 3 is 2.04 bits per heavy atom. The lowest BCUT2D eigenvalue weighted by molar-refractivity contribution is 1.06. The summed E-state index contributed by atoms with van der Waals surface area (Å²) in [6.07, 6.45) is 0. The normalized spacial score (nSPS) is 12.3. The van der Waals surface area contributed by atoms with Gasteiger partial charge in [0.2, 0.25) is 0 Å². The van der Waals surface area contributed by atoms with Crippen molar-refractivity contribution in [1.29, 1.82) is 0 Å². The van der Waals surface area contributed by atoms with Gasteiger partial charge in [-0.1, -0.05) is 140 Å². The zero-order valence-electron chi connectivity index (χ0n) is 27.8. The minimum absolute atomic E-state index is 0.491. The van der Waals surface area contributed by atoms with Gasteiger partial charge < -0.3 is 4.57 Å². The molecule has 2 heterocycles. The Balaban J connectivity index is 1.23. The monoisotopic (exact) mass is 672 g/mol. The van der Waals surface area contributed by atoms with Crippen LogP contribution in [0.4, 0.5) is 0 Å². The summed E-state index contributed by atoms with van der Waals surface area (Å²) in [5, 5.41) is 5.06. The molecule has 0 atom stereocenters. The molecule has 2 aromatic heterocycles. The van der Waals surface area contributed by atoms with Crippen LogP contribution in [-0.2, 0) is 6.54 Å². The summed E-state index contributed by atoms with van der Waals surface area (Å²) >= 11 is 1.87. The SMILES string of the molecule is C=NC(=NC(=NCc1ccccc1)c1cccc(-n2c3ccccc3c3c(-c4cccc5c4sc4ccccc45)cccc32)c1)c1ccccc1. The molecule has 0 unspecified atom stereocenters. The highest BCUT2D eigenvalue weighted by molar-refractivity contribution is 7.26. The van der Waals surface area contributed by atoms with Crippen LogP contribution >= 0.6 is 11.3 Å². The van der Waals surface area contributed by atoms with Crippen molar-refractivity contribution in [2.24, 2.45) is 15.0 Å². The maximum Gasteiger partial charge on any atom is 0.161 e. The number of aromatic nitrogens is 1. The summed E-state index contributed by atoms with van der Waals surface area (Å²) in [7, 11) is 0. The third-order valence-electron chi connectivity index (χ3n) is 9.40. The maximum atomic E-state index is 5.06. The molecule has 0 amide bonds. The first-order valence-corrected chi connectivity index (χ1v) is 17.8. The van der Waals surface area contributed by atoms with Crippen molar-refractivity contribution in [3.05, 3.63) is 187 Å². The molecule has 7 aromatic carbocycles. The quantitative estimate of drug-likeness (QED) is 0.125. The second-order valence-corrected chi connectivity index (χ2v) is 13.5. The van der Waals surface area contributed by atoms with Crippen LogP contribution < -0.4 is 0 Å². The molecule has 9 aromatic rings. The molecule has 0 saturated heterocycles. The highest BCUT2D eigenvalue weighted by atomic mass is 32.1. The van der Waals surface area contributed by atoms with Gasteiger partial charge in [0.05, 0.1) is 17.6 Å². The molecule has 0 aliphatic rings. The summed E-state index contributed by atoms with van der Waals surface area (Å²) in [6, 6.07) is 59.5. The van der Waals surface area contributed by atoms with Crippen molar-refractivity contribution in [2.75, 3.05) is 0 Å². The molecule has 51 heavy (non-hydrogen) atoms. The molecular weight excluding hydrogens is 641 g/mol. The van der Waals surface area contributed by atoms with Crippen molar-refractivity contribution in [1.82, 2.24) is 4.57 Å². The molecule has 0 aliphatic carbocycles. The van der Waals surface area contributed by atoms with Crippen LogP contribution in [0.2, 0.25) is 0 Å². The Morgan fingerprint density at radius 2 is 1.20 bits per heavy atom. The van der Waals surface area contributed by atoms with Crippen LogP contribution in [0.5, 0.6) is 0 Å². The van der Waals surface area contributed by atoms with Crippen LogP contribution in [0.1, 0.15) is 16.7 Å². The fourth-order valence-corrected chi connectivity index (χ4v) is 8.32. The Hall–Kier alpha value is -6.43. The standard InChI is InChI=1S/C46H32N4S/c1-47-45(32-17-6-3-7-18-32)49-46(48-30-31-15-4-2-5-16-31)33-19-12-20-34(29-33)50-40-26-10-8-22-39(40)43-36(23-14-27-41(43)50)38-25-13-24-37-35-21-9-11-28-42(35)51-44(37)38/h2-29H,1,30H2. The Bertz CT molecular complexity index is 2790. The molecule has 4 nitrogen and oxygen atoms in total. The lowest BCUT2D eigenvalue weighted by atomic mass is 9.98. The van der Waals surface area contributed by atoms with Crippen molar-refractivity contribution < 1.29 is 0 Å². The maximum absolute atomic E-state index is 5.06. The van der Waals surface area contributed by atoms with Gasteiger partial charge in [-0.2, -0.15) is 0 Å². The number of hydrogen-bond donors (Lipinski definition) is 0. The third-order valence-corrected chi connectivity index (χ3v) is 10.6. The summed E-state index contributed by atoms with van der Waals surface area (Å²) in [4.78, 5) is 14.4. The largest absolute Gasteiger partial charge is 0.309 e. The fourth-order valence-electron chi connectivity index (χ4n) is 7.08. The molecule has 0 aliphatic heterocycles. The van der Waals surface area contributed by atoms with Gasteiger partial charge in [0.1, 0.15) is 0 Å². The lowest BCUT2D eigenvalue weighted by Crippen LogP contribution is -2.06. The van der Waals surface area contributed by atoms with Crippen LogP contribution in [0.3, 0.4) is 0 Å². The second-order valence-electron chi connectivity index (χ2n) is 12.5. The average molecular weight is 673 g/mol. The molecule has 0 radical (unpaired) electrons.